The van der Waals surface area contributed by atoms with Gasteiger partial charge in [0, 0.05) is 29.0 Å². The summed E-state index contributed by atoms with van der Waals surface area (Å²) in [6.07, 6.45) is 0. The predicted molar refractivity (Wildman–Crippen MR) is 88.6 cm³/mol. The van der Waals surface area contributed by atoms with Crippen LogP contribution in [0.2, 0.25) is 0 Å². The van der Waals surface area contributed by atoms with E-state index in [1.807, 2.05) is 6.07 Å². The number of anilines is 3. The number of nitrogen functional groups attached to an aromatic ring is 1. The average Bonchev–Trinajstić information content (AvgIpc) is 2.42. The number of likely N-dealkylation sites (N-methyl/N-ethyl adjacent to an activating group) is 1. The van der Waals surface area contributed by atoms with E-state index >= 15 is 0 Å². The van der Waals surface area contributed by atoms with Crippen LogP contribution in [0.3, 0.4) is 0 Å². The number of carbonyl (C=O) groups excluding carboxylic acids is 1. The SMILES string of the molecule is CN(CC(=O)Nc1ccc(N)cc1Br)c1cccc(O)c1. The van der Waals surface area contributed by atoms with Crippen LogP contribution in [-0.2, 0) is 4.79 Å². The molecular weight excluding hydrogens is 334 g/mol. The summed E-state index contributed by atoms with van der Waals surface area (Å²) in [7, 11) is 1.78. The van der Waals surface area contributed by atoms with Gasteiger partial charge in [0.1, 0.15) is 5.75 Å². The van der Waals surface area contributed by atoms with Gasteiger partial charge >= 0.3 is 0 Å². The minimum atomic E-state index is -0.161. The fourth-order valence-electron chi connectivity index (χ4n) is 1.86. The van der Waals surface area contributed by atoms with Gasteiger partial charge in [0.25, 0.3) is 0 Å². The van der Waals surface area contributed by atoms with Crippen molar-refractivity contribution in [1.29, 1.82) is 0 Å². The lowest BCUT2D eigenvalue weighted by atomic mass is 10.2. The molecule has 5 nitrogen and oxygen atoms in total. The van der Waals surface area contributed by atoms with E-state index in [2.05, 4.69) is 21.2 Å². The van der Waals surface area contributed by atoms with Crippen molar-refractivity contribution in [3.05, 3.63) is 46.9 Å². The molecule has 2 aromatic rings. The number of rotatable bonds is 4. The smallest absolute Gasteiger partial charge is 0.243 e. The van der Waals surface area contributed by atoms with Crippen LogP contribution in [0.25, 0.3) is 0 Å². The molecule has 4 N–H and O–H groups in total. The van der Waals surface area contributed by atoms with Gasteiger partial charge in [-0.2, -0.15) is 0 Å². The van der Waals surface area contributed by atoms with E-state index in [-0.39, 0.29) is 18.2 Å². The van der Waals surface area contributed by atoms with Crippen LogP contribution in [-0.4, -0.2) is 24.6 Å². The zero-order chi connectivity index (χ0) is 15.4. The van der Waals surface area contributed by atoms with Gasteiger partial charge < -0.3 is 21.1 Å². The number of nitrogens with two attached hydrogens (primary N) is 1. The molecule has 1 amide bonds. The topological polar surface area (TPSA) is 78.6 Å². The Morgan fingerprint density at radius 2 is 2.10 bits per heavy atom. The van der Waals surface area contributed by atoms with Crippen molar-refractivity contribution < 1.29 is 9.90 Å². The van der Waals surface area contributed by atoms with Crippen molar-refractivity contribution in [2.24, 2.45) is 0 Å². The second-order valence-electron chi connectivity index (χ2n) is 4.66. The highest BCUT2D eigenvalue weighted by Crippen LogP contribution is 2.25. The third-order valence-corrected chi connectivity index (χ3v) is 3.57. The number of hydrogen-bond donors (Lipinski definition) is 3. The van der Waals surface area contributed by atoms with E-state index in [9.17, 15) is 9.90 Å². The molecule has 0 radical (unpaired) electrons. The normalized spacial score (nSPS) is 10.2. The lowest BCUT2D eigenvalue weighted by Gasteiger charge is -2.19. The summed E-state index contributed by atoms with van der Waals surface area (Å²) >= 11 is 3.35. The summed E-state index contributed by atoms with van der Waals surface area (Å²) in [5.41, 5.74) is 7.71. The van der Waals surface area contributed by atoms with Gasteiger partial charge in [-0.1, -0.05) is 6.07 Å². The zero-order valence-corrected chi connectivity index (χ0v) is 13.1. The van der Waals surface area contributed by atoms with E-state index < -0.39 is 0 Å². The number of amides is 1. The molecule has 0 bridgehead atoms. The fraction of sp³-hybridized carbons (Fsp3) is 0.133. The molecule has 0 heterocycles. The highest BCUT2D eigenvalue weighted by Gasteiger charge is 2.10. The number of hydrogen-bond acceptors (Lipinski definition) is 4. The fourth-order valence-corrected chi connectivity index (χ4v) is 2.36. The third-order valence-electron chi connectivity index (χ3n) is 2.92. The zero-order valence-electron chi connectivity index (χ0n) is 11.5. The van der Waals surface area contributed by atoms with Crippen molar-refractivity contribution in [2.75, 3.05) is 29.5 Å². The molecule has 2 rings (SSSR count). The number of halogens is 1. The number of phenols is 1. The summed E-state index contributed by atoms with van der Waals surface area (Å²) in [6.45, 7) is 0.167. The van der Waals surface area contributed by atoms with E-state index in [4.69, 9.17) is 5.73 Å². The van der Waals surface area contributed by atoms with Crippen LogP contribution in [0.1, 0.15) is 0 Å². The van der Waals surface area contributed by atoms with Crippen molar-refractivity contribution in [3.63, 3.8) is 0 Å². The van der Waals surface area contributed by atoms with Crippen LogP contribution in [0.5, 0.6) is 5.75 Å². The molecule has 0 spiro atoms. The van der Waals surface area contributed by atoms with Gasteiger partial charge in [0.05, 0.1) is 12.2 Å². The van der Waals surface area contributed by atoms with E-state index in [0.29, 0.717) is 11.4 Å². The van der Waals surface area contributed by atoms with Crippen molar-refractivity contribution in [3.8, 4) is 5.75 Å². The number of phenolic OH excluding ortho intramolecular Hbond substituents is 1. The monoisotopic (exact) mass is 349 g/mol. The maximum atomic E-state index is 12.1. The molecule has 2 aromatic carbocycles. The van der Waals surface area contributed by atoms with Crippen LogP contribution in [0.15, 0.2) is 46.9 Å². The van der Waals surface area contributed by atoms with Gasteiger partial charge in [-0.15, -0.1) is 0 Å². The standard InChI is InChI=1S/C15H16BrN3O2/c1-19(11-3-2-4-12(20)8-11)9-15(21)18-14-6-5-10(17)7-13(14)16/h2-8,20H,9,17H2,1H3,(H,18,21). The molecule has 0 saturated heterocycles. The molecule has 6 heteroatoms. The first-order valence-electron chi connectivity index (χ1n) is 6.31. The second-order valence-corrected chi connectivity index (χ2v) is 5.52. The number of benzene rings is 2. The number of nitrogens with zero attached hydrogens (tertiary/aromatic N) is 1. The Hall–Kier alpha value is -2.21. The largest absolute Gasteiger partial charge is 0.508 e. The molecule has 110 valence electrons. The average molecular weight is 350 g/mol. The van der Waals surface area contributed by atoms with Crippen LogP contribution < -0.4 is 16.0 Å². The van der Waals surface area contributed by atoms with E-state index in [1.54, 1.807) is 48.3 Å². The Morgan fingerprint density at radius 1 is 1.33 bits per heavy atom. The second kappa shape index (κ2) is 6.49. The Morgan fingerprint density at radius 3 is 2.76 bits per heavy atom. The molecular formula is C15H16BrN3O2. The summed E-state index contributed by atoms with van der Waals surface area (Å²) in [6, 6.07) is 11.9. The lowest BCUT2D eigenvalue weighted by Crippen LogP contribution is -2.30. The quantitative estimate of drug-likeness (QED) is 0.741. The minimum absolute atomic E-state index is 0.161. The molecule has 0 fully saturated rings. The predicted octanol–water partition coefficient (Wildman–Crippen LogP) is 2.81. The summed E-state index contributed by atoms with van der Waals surface area (Å²) in [5.74, 6) is 0.00681. The van der Waals surface area contributed by atoms with Crippen molar-refractivity contribution in [2.45, 2.75) is 0 Å². The molecule has 21 heavy (non-hydrogen) atoms. The van der Waals surface area contributed by atoms with E-state index in [0.717, 1.165) is 10.2 Å². The summed E-state index contributed by atoms with van der Waals surface area (Å²) in [4.78, 5) is 13.8. The van der Waals surface area contributed by atoms with Crippen molar-refractivity contribution in [1.82, 2.24) is 0 Å². The Labute approximate surface area is 131 Å². The van der Waals surface area contributed by atoms with Gasteiger partial charge in [-0.05, 0) is 46.3 Å². The number of aromatic hydroxyl groups is 1. The Balaban J connectivity index is 2.01. The van der Waals surface area contributed by atoms with Crippen LogP contribution in [0, 0.1) is 0 Å². The maximum Gasteiger partial charge on any atom is 0.243 e. The third kappa shape index (κ3) is 4.13. The van der Waals surface area contributed by atoms with Gasteiger partial charge in [0.2, 0.25) is 5.91 Å². The highest BCUT2D eigenvalue weighted by atomic mass is 79.9. The number of carbonyl (C=O) groups is 1. The molecule has 0 saturated carbocycles. The van der Waals surface area contributed by atoms with Gasteiger partial charge in [-0.3, -0.25) is 4.79 Å². The van der Waals surface area contributed by atoms with Gasteiger partial charge in [0.15, 0.2) is 0 Å². The van der Waals surface area contributed by atoms with Gasteiger partial charge in [-0.25, -0.2) is 0 Å². The first kappa shape index (κ1) is 15.2. The molecule has 0 aliphatic carbocycles. The first-order chi connectivity index (χ1) is 9.95. The maximum absolute atomic E-state index is 12.1. The lowest BCUT2D eigenvalue weighted by molar-refractivity contribution is -0.114. The minimum Gasteiger partial charge on any atom is -0.508 e. The number of nitrogens with one attached hydrogen (secondary N) is 1. The molecule has 0 aromatic heterocycles. The summed E-state index contributed by atoms with van der Waals surface area (Å²) in [5, 5.41) is 12.3. The molecule has 0 atom stereocenters. The molecule has 0 aliphatic rings. The summed E-state index contributed by atoms with van der Waals surface area (Å²) < 4.78 is 0.732. The van der Waals surface area contributed by atoms with E-state index in [1.165, 1.54) is 0 Å². The molecule has 0 aliphatic heterocycles. The Kier molecular flexibility index (Phi) is 4.70. The first-order valence-corrected chi connectivity index (χ1v) is 7.10. The Bertz CT molecular complexity index is 661. The highest BCUT2D eigenvalue weighted by molar-refractivity contribution is 9.10. The van der Waals surface area contributed by atoms with Crippen molar-refractivity contribution >= 4 is 38.9 Å². The van der Waals surface area contributed by atoms with Crippen LogP contribution in [0.4, 0.5) is 17.1 Å². The molecule has 0 unspecified atom stereocenters. The van der Waals surface area contributed by atoms with Crippen LogP contribution >= 0.6 is 15.9 Å².